The first-order valence-corrected chi connectivity index (χ1v) is 8.73. The minimum absolute atomic E-state index is 0.216. The predicted octanol–water partition coefficient (Wildman–Crippen LogP) is 5.02. The molecule has 0 aliphatic heterocycles. The first-order valence-electron chi connectivity index (χ1n) is 8.73. The second-order valence-corrected chi connectivity index (χ2v) is 7.13. The normalized spacial score (nSPS) is 11.6. The zero-order valence-electron chi connectivity index (χ0n) is 15.5. The van der Waals surface area contributed by atoms with Crippen LogP contribution in [0.4, 0.5) is 5.88 Å². The lowest BCUT2D eigenvalue weighted by atomic mass is 9.97. The standard InChI is InChI=1S/C20H26N4O/c1-5-6-7-8-15-9-11-16(12-10-15)14-22-24-18-17(13-21)23-19(25-18)20(2,3)4/h9-12,14,24H,5-8H2,1-4H3. The third kappa shape index (κ3) is 5.46. The van der Waals surface area contributed by atoms with Gasteiger partial charge in [-0.2, -0.15) is 15.3 Å². The predicted molar refractivity (Wildman–Crippen MR) is 101 cm³/mol. The maximum absolute atomic E-state index is 9.17. The first kappa shape index (κ1) is 18.7. The van der Waals surface area contributed by atoms with Gasteiger partial charge in [0.2, 0.25) is 11.6 Å². The van der Waals surface area contributed by atoms with Crippen molar-refractivity contribution in [3.8, 4) is 6.07 Å². The van der Waals surface area contributed by atoms with Crippen LogP contribution in [0.5, 0.6) is 0 Å². The van der Waals surface area contributed by atoms with Gasteiger partial charge in [0.1, 0.15) is 6.07 Å². The van der Waals surface area contributed by atoms with E-state index in [1.54, 1.807) is 6.21 Å². The molecule has 0 aliphatic carbocycles. The van der Waals surface area contributed by atoms with E-state index >= 15 is 0 Å². The molecule has 132 valence electrons. The molecule has 5 nitrogen and oxygen atoms in total. The van der Waals surface area contributed by atoms with Crippen molar-refractivity contribution in [2.45, 2.75) is 58.8 Å². The van der Waals surface area contributed by atoms with E-state index < -0.39 is 0 Å². The van der Waals surface area contributed by atoms with Gasteiger partial charge in [0.05, 0.1) is 6.21 Å². The van der Waals surface area contributed by atoms with Gasteiger partial charge in [-0.3, -0.25) is 0 Å². The molecule has 5 heteroatoms. The largest absolute Gasteiger partial charge is 0.421 e. The molecule has 0 saturated carbocycles. The summed E-state index contributed by atoms with van der Waals surface area (Å²) in [5.74, 6) is 0.790. The van der Waals surface area contributed by atoms with E-state index in [1.165, 1.54) is 24.8 Å². The lowest BCUT2D eigenvalue weighted by Crippen LogP contribution is -2.11. The Morgan fingerprint density at radius 1 is 1.24 bits per heavy atom. The molecule has 0 unspecified atom stereocenters. The molecular weight excluding hydrogens is 312 g/mol. The fourth-order valence-corrected chi connectivity index (χ4v) is 2.31. The Hall–Kier alpha value is -2.61. The van der Waals surface area contributed by atoms with Gasteiger partial charge < -0.3 is 4.42 Å². The van der Waals surface area contributed by atoms with Crippen molar-refractivity contribution >= 4 is 12.1 Å². The SMILES string of the molecule is CCCCCc1ccc(C=NNc2oc(C(C)(C)C)nc2C#N)cc1. The van der Waals surface area contributed by atoms with Crippen LogP contribution in [0.25, 0.3) is 0 Å². The molecular formula is C20H26N4O. The third-order valence-corrected chi connectivity index (χ3v) is 3.80. The van der Waals surface area contributed by atoms with Crippen LogP contribution in [0.2, 0.25) is 0 Å². The van der Waals surface area contributed by atoms with E-state index in [-0.39, 0.29) is 17.0 Å². The molecule has 25 heavy (non-hydrogen) atoms. The lowest BCUT2D eigenvalue weighted by molar-refractivity contribution is 0.399. The summed E-state index contributed by atoms with van der Waals surface area (Å²) in [5, 5.41) is 13.3. The van der Waals surface area contributed by atoms with Crippen molar-refractivity contribution in [3.63, 3.8) is 0 Å². The van der Waals surface area contributed by atoms with Crippen molar-refractivity contribution in [1.29, 1.82) is 5.26 Å². The molecule has 0 amide bonds. The van der Waals surface area contributed by atoms with Gasteiger partial charge in [0.25, 0.3) is 5.88 Å². The van der Waals surface area contributed by atoms with Gasteiger partial charge in [-0.1, -0.05) is 64.8 Å². The Morgan fingerprint density at radius 3 is 2.56 bits per heavy atom. The number of nitrogens with zero attached hydrogens (tertiary/aromatic N) is 3. The number of aromatic nitrogens is 1. The fraction of sp³-hybridized carbons (Fsp3) is 0.450. The van der Waals surface area contributed by atoms with Crippen LogP contribution < -0.4 is 5.43 Å². The number of unbranched alkanes of at least 4 members (excludes halogenated alkanes) is 2. The average molecular weight is 338 g/mol. The summed E-state index contributed by atoms with van der Waals surface area (Å²) in [7, 11) is 0. The van der Waals surface area contributed by atoms with Crippen LogP contribution >= 0.6 is 0 Å². The molecule has 0 bridgehead atoms. The zero-order chi connectivity index (χ0) is 18.3. The minimum Gasteiger partial charge on any atom is -0.421 e. The highest BCUT2D eigenvalue weighted by molar-refractivity contribution is 5.80. The number of nitrogens with one attached hydrogen (secondary N) is 1. The van der Waals surface area contributed by atoms with Crippen molar-refractivity contribution in [1.82, 2.24) is 4.98 Å². The molecule has 0 spiro atoms. The molecule has 0 saturated heterocycles. The second kappa shape index (κ2) is 8.48. The van der Waals surface area contributed by atoms with Gasteiger partial charge in [0.15, 0.2) is 0 Å². The maximum atomic E-state index is 9.17. The number of hydrogen-bond donors (Lipinski definition) is 1. The van der Waals surface area contributed by atoms with Crippen molar-refractivity contribution in [2.75, 3.05) is 5.43 Å². The summed E-state index contributed by atoms with van der Waals surface area (Å²) >= 11 is 0. The molecule has 0 fully saturated rings. The van der Waals surface area contributed by atoms with Crippen molar-refractivity contribution < 1.29 is 4.42 Å². The maximum Gasteiger partial charge on any atom is 0.252 e. The molecule has 1 heterocycles. The second-order valence-electron chi connectivity index (χ2n) is 7.13. The Labute approximate surface area is 149 Å². The monoisotopic (exact) mass is 338 g/mol. The van der Waals surface area contributed by atoms with Gasteiger partial charge in [0, 0.05) is 5.41 Å². The highest BCUT2D eigenvalue weighted by Gasteiger charge is 2.23. The molecule has 0 aliphatic rings. The molecule has 1 aromatic carbocycles. The summed E-state index contributed by atoms with van der Waals surface area (Å²) in [5.41, 5.74) is 5.06. The highest BCUT2D eigenvalue weighted by Crippen LogP contribution is 2.26. The number of oxazole rings is 1. The lowest BCUT2D eigenvalue weighted by Gasteiger charge is -2.11. The molecule has 1 aromatic heterocycles. The van der Waals surface area contributed by atoms with Crippen molar-refractivity contribution in [2.24, 2.45) is 5.10 Å². The Bertz CT molecular complexity index is 745. The van der Waals surface area contributed by atoms with Crippen LogP contribution in [0, 0.1) is 11.3 Å². The van der Waals surface area contributed by atoms with Crippen LogP contribution in [0.15, 0.2) is 33.8 Å². The average Bonchev–Trinajstić information content (AvgIpc) is 3.00. The number of hydrogen-bond acceptors (Lipinski definition) is 5. The summed E-state index contributed by atoms with van der Waals surface area (Å²) in [4.78, 5) is 4.21. The van der Waals surface area contributed by atoms with E-state index in [4.69, 9.17) is 9.68 Å². The van der Waals surface area contributed by atoms with Crippen molar-refractivity contribution in [3.05, 3.63) is 47.0 Å². The zero-order valence-corrected chi connectivity index (χ0v) is 15.5. The van der Waals surface area contributed by atoms with E-state index in [2.05, 4.69) is 34.6 Å². The number of aryl methyl sites for hydroxylation is 1. The summed E-state index contributed by atoms with van der Waals surface area (Å²) in [6, 6.07) is 10.4. The number of benzene rings is 1. The molecule has 2 aromatic rings. The number of anilines is 1. The van der Waals surface area contributed by atoms with Gasteiger partial charge in [-0.05, 0) is 24.0 Å². The molecule has 1 N–H and O–H groups in total. The van der Waals surface area contributed by atoms with Crippen LogP contribution in [-0.4, -0.2) is 11.2 Å². The first-order chi connectivity index (χ1) is 11.9. The summed E-state index contributed by atoms with van der Waals surface area (Å²) < 4.78 is 5.62. The molecule has 0 atom stereocenters. The Balaban J connectivity index is 1.99. The molecule has 2 rings (SSSR count). The number of hydrazone groups is 1. The summed E-state index contributed by atoms with van der Waals surface area (Å²) in [6.45, 7) is 8.16. The van der Waals surface area contributed by atoms with E-state index in [1.807, 2.05) is 39.0 Å². The number of rotatable bonds is 7. The molecule has 0 radical (unpaired) electrons. The van der Waals surface area contributed by atoms with E-state index in [9.17, 15) is 0 Å². The van der Waals surface area contributed by atoms with Gasteiger partial charge in [-0.15, -0.1) is 0 Å². The summed E-state index contributed by atoms with van der Waals surface area (Å²) in [6.07, 6.45) is 6.55. The number of nitriles is 1. The van der Waals surface area contributed by atoms with E-state index in [0.29, 0.717) is 5.89 Å². The Morgan fingerprint density at radius 2 is 1.96 bits per heavy atom. The smallest absolute Gasteiger partial charge is 0.252 e. The Kier molecular flexibility index (Phi) is 6.35. The quantitative estimate of drug-likeness (QED) is 0.437. The third-order valence-electron chi connectivity index (χ3n) is 3.80. The topological polar surface area (TPSA) is 74.2 Å². The highest BCUT2D eigenvalue weighted by atomic mass is 16.4. The van der Waals surface area contributed by atoms with Crippen LogP contribution in [-0.2, 0) is 11.8 Å². The van der Waals surface area contributed by atoms with Gasteiger partial charge in [-0.25, -0.2) is 5.43 Å². The minimum atomic E-state index is -0.261. The van der Waals surface area contributed by atoms with Crippen LogP contribution in [0.1, 0.15) is 69.7 Å². The van der Waals surface area contributed by atoms with E-state index in [0.717, 1.165) is 12.0 Å². The fourth-order valence-electron chi connectivity index (χ4n) is 2.31. The van der Waals surface area contributed by atoms with Gasteiger partial charge >= 0.3 is 0 Å². The van der Waals surface area contributed by atoms with Crippen LogP contribution in [0.3, 0.4) is 0 Å².